The Labute approximate surface area is 116 Å². The first kappa shape index (κ1) is 16.0. The Bertz CT molecular complexity index is 393. The average molecular weight is 286 g/mol. The Morgan fingerprint density at radius 3 is 2.47 bits per heavy atom. The van der Waals surface area contributed by atoms with Crippen LogP contribution in [-0.4, -0.2) is 45.5 Å². The van der Waals surface area contributed by atoms with Gasteiger partial charge in [-0.1, -0.05) is 23.9 Å². The second-order valence-electron chi connectivity index (χ2n) is 3.96. The quantitative estimate of drug-likeness (QED) is 0.685. The van der Waals surface area contributed by atoms with Crippen LogP contribution in [0, 0.1) is 0 Å². The second kappa shape index (κ2) is 8.16. The molecule has 6 heteroatoms. The van der Waals surface area contributed by atoms with Gasteiger partial charge in [-0.15, -0.1) is 0 Å². The Morgan fingerprint density at radius 1 is 1.32 bits per heavy atom. The van der Waals surface area contributed by atoms with Gasteiger partial charge in [-0.05, 0) is 17.7 Å². The Hall–Kier alpha value is -1.08. The lowest BCUT2D eigenvalue weighted by Gasteiger charge is -2.17. The first-order valence-electron chi connectivity index (χ1n) is 5.87. The van der Waals surface area contributed by atoms with Gasteiger partial charge in [-0.25, -0.2) is 0 Å². The number of aliphatic hydroxyl groups excluding tert-OH is 3. The van der Waals surface area contributed by atoms with E-state index in [0.29, 0.717) is 11.3 Å². The first-order chi connectivity index (χ1) is 9.04. The van der Waals surface area contributed by atoms with Crippen LogP contribution in [0.5, 0.6) is 5.75 Å². The molecule has 5 nitrogen and oxygen atoms in total. The van der Waals surface area contributed by atoms with Crippen LogP contribution in [0.4, 0.5) is 0 Å². The van der Waals surface area contributed by atoms with Crippen molar-refractivity contribution in [3.63, 3.8) is 0 Å². The van der Waals surface area contributed by atoms with Crippen LogP contribution in [0.3, 0.4) is 0 Å². The summed E-state index contributed by atoms with van der Waals surface area (Å²) in [5.41, 5.74) is 0.549. The predicted octanol–water partition coefficient (Wildman–Crippen LogP) is 0.732. The number of aliphatic hydroxyl groups is 3. The highest BCUT2D eigenvalue weighted by atomic mass is 32.2. The number of carbonyl (C=O) groups is 1. The normalized spacial score (nSPS) is 13.9. The van der Waals surface area contributed by atoms with E-state index in [0.717, 1.165) is 11.8 Å². The third-order valence-electron chi connectivity index (χ3n) is 2.40. The van der Waals surface area contributed by atoms with Gasteiger partial charge in [0.15, 0.2) is 5.12 Å². The molecule has 0 heterocycles. The minimum atomic E-state index is -1.04. The topological polar surface area (TPSA) is 87.0 Å². The smallest absolute Gasteiger partial charge is 0.185 e. The Morgan fingerprint density at radius 2 is 1.95 bits per heavy atom. The summed E-state index contributed by atoms with van der Waals surface area (Å²) in [6.07, 6.45) is -2.04. The number of benzene rings is 1. The number of thioether (sulfide) groups is 1. The minimum Gasteiger partial charge on any atom is -0.491 e. The number of ether oxygens (including phenoxy) is 1. The van der Waals surface area contributed by atoms with Gasteiger partial charge in [0, 0.05) is 12.7 Å². The van der Waals surface area contributed by atoms with Crippen LogP contribution in [0.2, 0.25) is 0 Å². The molecule has 0 bridgehead atoms. The molecule has 1 aromatic carbocycles. The molecule has 0 aliphatic heterocycles. The fourth-order valence-electron chi connectivity index (χ4n) is 1.44. The van der Waals surface area contributed by atoms with Crippen molar-refractivity contribution >= 4 is 16.9 Å². The molecule has 2 unspecified atom stereocenters. The van der Waals surface area contributed by atoms with Crippen molar-refractivity contribution in [2.45, 2.75) is 19.1 Å². The summed E-state index contributed by atoms with van der Waals surface area (Å²) in [6.45, 7) is 1.56. The molecule has 0 radical (unpaired) electrons. The first-order valence-corrected chi connectivity index (χ1v) is 6.86. The number of carbonyl (C=O) groups excluding carboxylic acids is 1. The van der Waals surface area contributed by atoms with Crippen LogP contribution in [0.1, 0.15) is 18.6 Å². The zero-order valence-corrected chi connectivity index (χ0v) is 11.5. The fourth-order valence-corrected chi connectivity index (χ4v) is 2.03. The SMILES string of the molecule is CC(=O)SCC(O)C(O)c1ccc(OCCO)cc1. The van der Waals surface area contributed by atoms with Crippen molar-refractivity contribution in [1.29, 1.82) is 0 Å². The Kier molecular flexibility index (Phi) is 6.86. The van der Waals surface area contributed by atoms with E-state index in [2.05, 4.69) is 0 Å². The van der Waals surface area contributed by atoms with Crippen LogP contribution < -0.4 is 4.74 Å². The molecule has 0 spiro atoms. The highest BCUT2D eigenvalue weighted by Gasteiger charge is 2.19. The molecule has 0 saturated heterocycles. The van der Waals surface area contributed by atoms with Crippen molar-refractivity contribution in [2.24, 2.45) is 0 Å². The van der Waals surface area contributed by atoms with Gasteiger partial charge in [0.1, 0.15) is 18.5 Å². The van der Waals surface area contributed by atoms with E-state index >= 15 is 0 Å². The van der Waals surface area contributed by atoms with Gasteiger partial charge in [0.05, 0.1) is 12.7 Å². The molecule has 1 aromatic rings. The van der Waals surface area contributed by atoms with E-state index in [4.69, 9.17) is 9.84 Å². The van der Waals surface area contributed by atoms with Gasteiger partial charge >= 0.3 is 0 Å². The summed E-state index contributed by atoms with van der Waals surface area (Å²) in [7, 11) is 0. The van der Waals surface area contributed by atoms with Crippen molar-refractivity contribution < 1.29 is 24.9 Å². The van der Waals surface area contributed by atoms with Crippen LogP contribution in [0.25, 0.3) is 0 Å². The lowest BCUT2D eigenvalue weighted by molar-refractivity contribution is -0.109. The zero-order valence-electron chi connectivity index (χ0n) is 10.7. The summed E-state index contributed by atoms with van der Waals surface area (Å²) in [5, 5.41) is 28.2. The predicted molar refractivity (Wildman–Crippen MR) is 73.1 cm³/mol. The van der Waals surface area contributed by atoms with Crippen molar-refractivity contribution in [2.75, 3.05) is 19.0 Å². The Balaban J connectivity index is 2.56. The summed E-state index contributed by atoms with van der Waals surface area (Å²) in [4.78, 5) is 10.8. The second-order valence-corrected chi connectivity index (χ2v) is 5.15. The highest BCUT2D eigenvalue weighted by molar-refractivity contribution is 8.13. The summed E-state index contributed by atoms with van der Waals surface area (Å²) < 4.78 is 5.19. The molecule has 19 heavy (non-hydrogen) atoms. The molecule has 0 fully saturated rings. The zero-order chi connectivity index (χ0) is 14.3. The number of hydrogen-bond donors (Lipinski definition) is 3. The fraction of sp³-hybridized carbons (Fsp3) is 0.462. The third kappa shape index (κ3) is 5.61. The average Bonchev–Trinajstić information content (AvgIpc) is 2.42. The molecule has 106 valence electrons. The molecule has 0 saturated carbocycles. The molecule has 2 atom stereocenters. The third-order valence-corrected chi connectivity index (χ3v) is 3.32. The maximum atomic E-state index is 10.8. The lowest BCUT2D eigenvalue weighted by Crippen LogP contribution is -2.21. The maximum absolute atomic E-state index is 10.8. The van der Waals surface area contributed by atoms with Crippen molar-refractivity contribution in [3.8, 4) is 5.75 Å². The molecule has 0 amide bonds. The monoisotopic (exact) mass is 286 g/mol. The number of hydrogen-bond acceptors (Lipinski definition) is 6. The molecule has 0 aliphatic rings. The van der Waals surface area contributed by atoms with E-state index in [1.807, 2.05) is 0 Å². The van der Waals surface area contributed by atoms with Crippen molar-refractivity contribution in [3.05, 3.63) is 29.8 Å². The van der Waals surface area contributed by atoms with Gasteiger partial charge in [-0.3, -0.25) is 4.79 Å². The van der Waals surface area contributed by atoms with E-state index in [9.17, 15) is 15.0 Å². The summed E-state index contributed by atoms with van der Waals surface area (Å²) in [5.74, 6) is 0.733. The van der Waals surface area contributed by atoms with Crippen LogP contribution in [-0.2, 0) is 4.79 Å². The van der Waals surface area contributed by atoms with Gasteiger partial charge < -0.3 is 20.1 Å². The molecule has 0 aromatic heterocycles. The lowest BCUT2D eigenvalue weighted by atomic mass is 10.1. The minimum absolute atomic E-state index is 0.0641. The molecule has 3 N–H and O–H groups in total. The van der Waals surface area contributed by atoms with Gasteiger partial charge in [0.25, 0.3) is 0 Å². The number of rotatable bonds is 7. The van der Waals surface area contributed by atoms with E-state index in [-0.39, 0.29) is 24.1 Å². The van der Waals surface area contributed by atoms with Crippen LogP contribution >= 0.6 is 11.8 Å². The summed E-state index contributed by atoms with van der Waals surface area (Å²) >= 11 is 0.975. The van der Waals surface area contributed by atoms with E-state index in [1.54, 1.807) is 24.3 Å². The highest BCUT2D eigenvalue weighted by Crippen LogP contribution is 2.22. The van der Waals surface area contributed by atoms with E-state index < -0.39 is 12.2 Å². The molecule has 0 aliphatic carbocycles. The molecular weight excluding hydrogens is 268 g/mol. The summed E-state index contributed by atoms with van der Waals surface area (Å²) in [6, 6.07) is 6.58. The standard InChI is InChI=1S/C13H18O5S/c1-9(15)19-8-12(16)13(17)10-2-4-11(5-3-10)18-7-6-14/h2-5,12-14,16-17H,6-8H2,1H3. The molecule has 1 rings (SSSR count). The maximum Gasteiger partial charge on any atom is 0.185 e. The van der Waals surface area contributed by atoms with Gasteiger partial charge in [-0.2, -0.15) is 0 Å². The van der Waals surface area contributed by atoms with E-state index in [1.165, 1.54) is 6.92 Å². The largest absolute Gasteiger partial charge is 0.491 e. The van der Waals surface area contributed by atoms with Crippen LogP contribution in [0.15, 0.2) is 24.3 Å². The van der Waals surface area contributed by atoms with Gasteiger partial charge in [0.2, 0.25) is 0 Å². The van der Waals surface area contributed by atoms with Crippen molar-refractivity contribution in [1.82, 2.24) is 0 Å². The molecular formula is C13H18O5S.